The van der Waals surface area contributed by atoms with Crippen LogP contribution in [0.2, 0.25) is 0 Å². The average Bonchev–Trinajstić information content (AvgIpc) is 2.17. The zero-order valence-electron chi connectivity index (χ0n) is 8.87. The largest absolute Gasteiger partial charge is 0.330 e. The van der Waals surface area contributed by atoms with Gasteiger partial charge in [0.2, 0.25) is 0 Å². The van der Waals surface area contributed by atoms with Gasteiger partial charge in [0.15, 0.2) is 0 Å². The molecule has 0 spiro atoms. The van der Waals surface area contributed by atoms with Crippen molar-refractivity contribution in [1.82, 2.24) is 4.90 Å². The minimum Gasteiger partial charge on any atom is -0.330 e. The van der Waals surface area contributed by atoms with Crippen LogP contribution in [0.25, 0.3) is 0 Å². The Hall–Kier alpha value is -0.340. The molecule has 2 atom stereocenters. The second-order valence-electron chi connectivity index (χ2n) is 4.05. The number of nitrogens with two attached hydrogens (primary N) is 1. The fourth-order valence-corrected chi connectivity index (χ4v) is 1.95. The summed E-state index contributed by atoms with van der Waals surface area (Å²) < 4.78 is 0. The van der Waals surface area contributed by atoms with Crippen molar-refractivity contribution in [3.63, 3.8) is 0 Å². The van der Waals surface area contributed by atoms with Crippen molar-refractivity contribution in [3.05, 3.63) is 12.2 Å². The molecule has 0 aromatic heterocycles. The highest BCUT2D eigenvalue weighted by Gasteiger charge is 2.23. The standard InChI is InChI=1S/C11H22N2/c1-3-4-7-13-9-11(8-12)6-5-10(13)2/h3-4,10-11H,5-9,12H2,1-2H3. The molecular weight excluding hydrogens is 160 g/mol. The molecule has 2 unspecified atom stereocenters. The van der Waals surface area contributed by atoms with Gasteiger partial charge >= 0.3 is 0 Å². The van der Waals surface area contributed by atoms with Crippen LogP contribution < -0.4 is 5.73 Å². The minimum atomic E-state index is 0.724. The highest BCUT2D eigenvalue weighted by molar-refractivity contribution is 4.87. The summed E-state index contributed by atoms with van der Waals surface area (Å²) >= 11 is 0. The van der Waals surface area contributed by atoms with Crippen molar-refractivity contribution in [2.75, 3.05) is 19.6 Å². The van der Waals surface area contributed by atoms with Gasteiger partial charge < -0.3 is 5.73 Å². The molecule has 0 aromatic carbocycles. The molecule has 0 bridgehead atoms. The number of nitrogens with zero attached hydrogens (tertiary/aromatic N) is 1. The van der Waals surface area contributed by atoms with Gasteiger partial charge in [0.05, 0.1) is 0 Å². The molecule has 1 saturated heterocycles. The van der Waals surface area contributed by atoms with Crippen LogP contribution in [-0.2, 0) is 0 Å². The van der Waals surface area contributed by atoms with E-state index in [-0.39, 0.29) is 0 Å². The van der Waals surface area contributed by atoms with Crippen LogP contribution >= 0.6 is 0 Å². The van der Waals surface area contributed by atoms with E-state index < -0.39 is 0 Å². The van der Waals surface area contributed by atoms with Crippen LogP contribution in [0.1, 0.15) is 26.7 Å². The Morgan fingerprint density at radius 1 is 1.46 bits per heavy atom. The fraction of sp³-hybridized carbons (Fsp3) is 0.818. The van der Waals surface area contributed by atoms with Gasteiger partial charge in [-0.1, -0.05) is 12.2 Å². The maximum Gasteiger partial charge on any atom is 0.0166 e. The van der Waals surface area contributed by atoms with Crippen LogP contribution in [0.3, 0.4) is 0 Å². The number of rotatable bonds is 3. The molecule has 1 aliphatic heterocycles. The molecule has 2 heteroatoms. The fourth-order valence-electron chi connectivity index (χ4n) is 1.95. The molecule has 1 heterocycles. The lowest BCUT2D eigenvalue weighted by molar-refractivity contribution is 0.135. The van der Waals surface area contributed by atoms with E-state index in [1.807, 2.05) is 0 Å². The van der Waals surface area contributed by atoms with E-state index in [0.29, 0.717) is 0 Å². The lowest BCUT2D eigenvalue weighted by Crippen LogP contribution is -2.43. The smallest absolute Gasteiger partial charge is 0.0166 e. The first-order valence-corrected chi connectivity index (χ1v) is 5.33. The van der Waals surface area contributed by atoms with E-state index in [1.54, 1.807) is 0 Å². The van der Waals surface area contributed by atoms with Gasteiger partial charge in [-0.05, 0) is 39.2 Å². The lowest BCUT2D eigenvalue weighted by Gasteiger charge is -2.36. The van der Waals surface area contributed by atoms with Crippen LogP contribution in [0, 0.1) is 5.92 Å². The van der Waals surface area contributed by atoms with Gasteiger partial charge in [0.25, 0.3) is 0 Å². The number of likely N-dealkylation sites (tertiary alicyclic amines) is 1. The van der Waals surface area contributed by atoms with Crippen LogP contribution in [0.5, 0.6) is 0 Å². The van der Waals surface area contributed by atoms with E-state index in [4.69, 9.17) is 5.73 Å². The number of hydrogen-bond donors (Lipinski definition) is 1. The summed E-state index contributed by atoms with van der Waals surface area (Å²) in [5.41, 5.74) is 5.69. The second-order valence-corrected chi connectivity index (χ2v) is 4.05. The molecule has 0 amide bonds. The van der Waals surface area contributed by atoms with Crippen molar-refractivity contribution >= 4 is 0 Å². The van der Waals surface area contributed by atoms with Crippen LogP contribution in [-0.4, -0.2) is 30.6 Å². The predicted octanol–water partition coefficient (Wildman–Crippen LogP) is 1.62. The van der Waals surface area contributed by atoms with Gasteiger partial charge in [-0.3, -0.25) is 4.90 Å². The number of hydrogen-bond acceptors (Lipinski definition) is 2. The monoisotopic (exact) mass is 182 g/mol. The zero-order valence-corrected chi connectivity index (χ0v) is 8.87. The zero-order chi connectivity index (χ0) is 9.68. The first-order chi connectivity index (χ1) is 6.27. The van der Waals surface area contributed by atoms with Crippen molar-refractivity contribution in [2.24, 2.45) is 11.7 Å². The Labute approximate surface area is 81.8 Å². The Morgan fingerprint density at radius 3 is 2.85 bits per heavy atom. The highest BCUT2D eigenvalue weighted by Crippen LogP contribution is 2.20. The summed E-state index contributed by atoms with van der Waals surface area (Å²) in [6.07, 6.45) is 6.97. The quantitative estimate of drug-likeness (QED) is 0.672. The van der Waals surface area contributed by atoms with Gasteiger partial charge in [-0.25, -0.2) is 0 Å². The molecule has 0 aliphatic carbocycles. The molecule has 1 aliphatic rings. The Balaban J connectivity index is 2.40. The Kier molecular flexibility index (Phi) is 4.46. The van der Waals surface area contributed by atoms with Gasteiger partial charge in [-0.2, -0.15) is 0 Å². The molecule has 13 heavy (non-hydrogen) atoms. The molecule has 0 radical (unpaired) electrons. The number of piperidine rings is 1. The normalized spacial score (nSPS) is 31.3. The summed E-state index contributed by atoms with van der Waals surface area (Å²) in [6.45, 7) is 7.51. The van der Waals surface area contributed by atoms with E-state index in [1.165, 1.54) is 19.4 Å². The summed E-state index contributed by atoms with van der Waals surface area (Å²) in [5.74, 6) is 0.724. The van der Waals surface area contributed by atoms with Crippen LogP contribution in [0.15, 0.2) is 12.2 Å². The molecule has 0 aromatic rings. The van der Waals surface area contributed by atoms with E-state index in [2.05, 4.69) is 30.9 Å². The van der Waals surface area contributed by atoms with Crippen LogP contribution in [0.4, 0.5) is 0 Å². The summed E-state index contributed by atoms with van der Waals surface area (Å²) in [4.78, 5) is 2.53. The van der Waals surface area contributed by atoms with E-state index >= 15 is 0 Å². The molecule has 2 nitrogen and oxygen atoms in total. The van der Waals surface area contributed by atoms with E-state index in [9.17, 15) is 0 Å². The van der Waals surface area contributed by atoms with Gasteiger partial charge in [-0.15, -0.1) is 0 Å². The molecule has 1 rings (SSSR count). The Morgan fingerprint density at radius 2 is 2.23 bits per heavy atom. The molecule has 0 saturated carbocycles. The topological polar surface area (TPSA) is 29.3 Å². The minimum absolute atomic E-state index is 0.724. The summed E-state index contributed by atoms with van der Waals surface area (Å²) in [6, 6.07) is 0.735. The summed E-state index contributed by atoms with van der Waals surface area (Å²) in [7, 11) is 0. The average molecular weight is 182 g/mol. The third-order valence-electron chi connectivity index (χ3n) is 3.02. The SMILES string of the molecule is CC=CCN1CC(CN)CCC1C. The summed E-state index contributed by atoms with van der Waals surface area (Å²) in [5, 5.41) is 0. The highest BCUT2D eigenvalue weighted by atomic mass is 15.2. The third-order valence-corrected chi connectivity index (χ3v) is 3.02. The Bertz CT molecular complexity index is 165. The van der Waals surface area contributed by atoms with Gasteiger partial charge in [0, 0.05) is 19.1 Å². The maximum absolute atomic E-state index is 5.69. The van der Waals surface area contributed by atoms with Crippen molar-refractivity contribution < 1.29 is 0 Å². The predicted molar refractivity (Wildman–Crippen MR) is 57.6 cm³/mol. The lowest BCUT2D eigenvalue weighted by atomic mass is 9.93. The molecule has 1 fully saturated rings. The second kappa shape index (κ2) is 5.40. The van der Waals surface area contributed by atoms with Crippen molar-refractivity contribution in [3.8, 4) is 0 Å². The molecule has 76 valence electrons. The van der Waals surface area contributed by atoms with Gasteiger partial charge in [0.1, 0.15) is 0 Å². The maximum atomic E-state index is 5.69. The van der Waals surface area contributed by atoms with Crippen molar-refractivity contribution in [1.29, 1.82) is 0 Å². The molecule has 2 N–H and O–H groups in total. The molecular formula is C11H22N2. The third kappa shape index (κ3) is 3.12. The first-order valence-electron chi connectivity index (χ1n) is 5.33. The van der Waals surface area contributed by atoms with Crippen molar-refractivity contribution in [2.45, 2.75) is 32.7 Å². The number of allylic oxidation sites excluding steroid dienone is 1. The van der Waals surface area contributed by atoms with E-state index in [0.717, 1.165) is 25.0 Å². The first kappa shape index (κ1) is 10.7.